The highest BCUT2D eigenvalue weighted by Crippen LogP contribution is 2.33. The lowest BCUT2D eigenvalue weighted by molar-refractivity contribution is -0.137. The summed E-state index contributed by atoms with van der Waals surface area (Å²) in [4.78, 5) is 11.4. The summed E-state index contributed by atoms with van der Waals surface area (Å²) < 4.78 is 38.1. The zero-order valence-corrected chi connectivity index (χ0v) is 10.3. The molecule has 2 heterocycles. The fraction of sp³-hybridized carbons (Fsp3) is 0.250. The van der Waals surface area contributed by atoms with Gasteiger partial charge in [0.2, 0.25) is 5.95 Å². The number of halogens is 3. The van der Waals surface area contributed by atoms with E-state index in [0.717, 1.165) is 6.07 Å². The summed E-state index contributed by atoms with van der Waals surface area (Å²) >= 11 is 0. The van der Waals surface area contributed by atoms with Gasteiger partial charge in [-0.1, -0.05) is 0 Å². The number of pyridine rings is 1. The zero-order chi connectivity index (χ0) is 14.4. The van der Waals surface area contributed by atoms with Crippen LogP contribution in [0.5, 0.6) is 0 Å². The van der Waals surface area contributed by atoms with E-state index in [4.69, 9.17) is 0 Å². The molecule has 2 N–H and O–H groups in total. The van der Waals surface area contributed by atoms with Gasteiger partial charge in [0.1, 0.15) is 5.82 Å². The van der Waals surface area contributed by atoms with E-state index < -0.39 is 11.7 Å². The van der Waals surface area contributed by atoms with Gasteiger partial charge in [-0.2, -0.15) is 13.2 Å². The van der Waals surface area contributed by atoms with Crippen LogP contribution >= 0.6 is 0 Å². The van der Waals surface area contributed by atoms with Crippen LogP contribution in [0.4, 0.5) is 24.9 Å². The van der Waals surface area contributed by atoms with Gasteiger partial charge in [0.25, 0.3) is 0 Å². The number of anilines is 2. The first-order valence-electron chi connectivity index (χ1n) is 5.76. The van der Waals surface area contributed by atoms with Crippen molar-refractivity contribution in [3.05, 3.63) is 42.4 Å². The number of nitrogens with one attached hydrogen (secondary N) is 2. The molecule has 0 fully saturated rings. The van der Waals surface area contributed by atoms with Gasteiger partial charge in [0.15, 0.2) is 0 Å². The molecule has 0 aliphatic heterocycles. The monoisotopic (exact) mass is 282 g/mol. The Morgan fingerprint density at radius 3 is 2.60 bits per heavy atom. The highest BCUT2D eigenvalue weighted by molar-refractivity contribution is 5.45. The molecule has 2 aromatic rings. The van der Waals surface area contributed by atoms with Gasteiger partial charge in [-0.05, 0) is 18.2 Å². The van der Waals surface area contributed by atoms with Crippen LogP contribution in [0.3, 0.4) is 0 Å². The van der Waals surface area contributed by atoms with Crippen molar-refractivity contribution in [2.75, 3.05) is 23.7 Å². The number of hydrogen-bond donors (Lipinski definition) is 2. The van der Waals surface area contributed by atoms with Crippen LogP contribution in [0, 0.1) is 6.20 Å². The topological polar surface area (TPSA) is 62.7 Å². The van der Waals surface area contributed by atoms with Gasteiger partial charge in [-0.15, -0.1) is 0 Å². The molecule has 20 heavy (non-hydrogen) atoms. The average Bonchev–Trinajstić information content (AvgIpc) is 2.44. The molecule has 0 atom stereocenters. The van der Waals surface area contributed by atoms with E-state index in [0.29, 0.717) is 12.5 Å². The molecule has 0 saturated heterocycles. The Kier molecular flexibility index (Phi) is 4.34. The third-order valence-electron chi connectivity index (χ3n) is 2.33. The maximum Gasteiger partial charge on any atom is 0.419 e. The largest absolute Gasteiger partial charge is 0.419 e. The summed E-state index contributed by atoms with van der Waals surface area (Å²) in [5, 5.41) is 5.48. The van der Waals surface area contributed by atoms with Gasteiger partial charge in [0.05, 0.1) is 11.8 Å². The molecule has 0 aliphatic rings. The first kappa shape index (κ1) is 14.0. The van der Waals surface area contributed by atoms with Crippen molar-refractivity contribution in [3.63, 3.8) is 0 Å². The molecule has 2 aromatic heterocycles. The Morgan fingerprint density at radius 1 is 1.10 bits per heavy atom. The maximum absolute atomic E-state index is 12.7. The summed E-state index contributed by atoms with van der Waals surface area (Å²) in [6.07, 6.45) is 0.986. The van der Waals surface area contributed by atoms with Gasteiger partial charge in [-0.3, -0.25) is 0 Å². The fourth-order valence-electron chi connectivity index (χ4n) is 1.48. The number of rotatable bonds is 5. The summed E-state index contributed by atoms with van der Waals surface area (Å²) in [5.41, 5.74) is -0.788. The third-order valence-corrected chi connectivity index (χ3v) is 2.33. The highest BCUT2D eigenvalue weighted by Gasteiger charge is 2.33. The summed E-state index contributed by atoms with van der Waals surface area (Å²) in [6, 6.07) is 3.78. The van der Waals surface area contributed by atoms with E-state index in [9.17, 15) is 13.2 Å². The van der Waals surface area contributed by atoms with Crippen LogP contribution in [0.15, 0.2) is 30.6 Å². The van der Waals surface area contributed by atoms with Crippen molar-refractivity contribution in [3.8, 4) is 0 Å². The van der Waals surface area contributed by atoms with E-state index in [1.807, 2.05) is 0 Å². The molecule has 105 valence electrons. The van der Waals surface area contributed by atoms with Crippen molar-refractivity contribution in [1.82, 2.24) is 15.0 Å². The first-order valence-corrected chi connectivity index (χ1v) is 5.76. The molecule has 1 radical (unpaired) electrons. The van der Waals surface area contributed by atoms with Crippen molar-refractivity contribution < 1.29 is 13.2 Å². The number of alkyl halides is 3. The molecule has 0 bridgehead atoms. The molecule has 2 rings (SSSR count). The van der Waals surface area contributed by atoms with Crippen molar-refractivity contribution in [2.24, 2.45) is 0 Å². The predicted molar refractivity (Wildman–Crippen MR) is 67.1 cm³/mol. The van der Waals surface area contributed by atoms with Crippen LogP contribution in [-0.2, 0) is 6.18 Å². The molecule has 0 amide bonds. The molecule has 0 spiro atoms. The lowest BCUT2D eigenvalue weighted by Crippen LogP contribution is -2.18. The van der Waals surface area contributed by atoms with Crippen LogP contribution in [-0.4, -0.2) is 28.0 Å². The molecule has 0 unspecified atom stereocenters. The van der Waals surface area contributed by atoms with E-state index in [1.54, 1.807) is 6.07 Å². The summed E-state index contributed by atoms with van der Waals surface area (Å²) in [7, 11) is 0. The standard InChI is InChI=1S/C12H11F3N5/c13-12(14,15)9-3-1-4-16-10(9)17-7-8-20-11-18-5-2-6-19-11/h1-5H,7-8H2,(H,16,17)(H,18,19,20). The predicted octanol–water partition coefficient (Wildman–Crippen LogP) is 2.21. The quantitative estimate of drug-likeness (QED) is 0.823. The summed E-state index contributed by atoms with van der Waals surface area (Å²) in [6.45, 7) is 0.601. The number of nitrogens with zero attached hydrogens (tertiary/aromatic N) is 3. The van der Waals surface area contributed by atoms with Crippen molar-refractivity contribution in [1.29, 1.82) is 0 Å². The normalized spacial score (nSPS) is 11.2. The van der Waals surface area contributed by atoms with E-state index in [-0.39, 0.29) is 12.4 Å². The lowest BCUT2D eigenvalue weighted by atomic mass is 10.2. The minimum atomic E-state index is -4.43. The van der Waals surface area contributed by atoms with Crippen molar-refractivity contribution >= 4 is 11.8 Å². The second kappa shape index (κ2) is 6.18. The molecular formula is C12H11F3N5. The SMILES string of the molecule is FC(F)(F)c1cccnc1NCCNc1n[c]ccn1. The summed E-state index contributed by atoms with van der Waals surface area (Å²) in [5.74, 6) is 0.175. The molecule has 0 saturated carbocycles. The number of hydrogen-bond acceptors (Lipinski definition) is 5. The second-order valence-corrected chi connectivity index (χ2v) is 3.76. The van der Waals surface area contributed by atoms with Crippen LogP contribution < -0.4 is 10.6 Å². The maximum atomic E-state index is 12.7. The van der Waals surface area contributed by atoms with Gasteiger partial charge >= 0.3 is 6.18 Å². The van der Waals surface area contributed by atoms with E-state index >= 15 is 0 Å². The minimum Gasteiger partial charge on any atom is -0.368 e. The number of aromatic nitrogens is 3. The second-order valence-electron chi connectivity index (χ2n) is 3.76. The zero-order valence-electron chi connectivity index (χ0n) is 10.3. The Balaban J connectivity index is 1.89. The van der Waals surface area contributed by atoms with Gasteiger partial charge in [0, 0.05) is 25.5 Å². The van der Waals surface area contributed by atoms with Gasteiger partial charge in [-0.25, -0.2) is 15.0 Å². The molecule has 5 nitrogen and oxygen atoms in total. The van der Waals surface area contributed by atoms with E-state index in [2.05, 4.69) is 31.8 Å². The average molecular weight is 282 g/mol. The Morgan fingerprint density at radius 2 is 1.90 bits per heavy atom. The lowest BCUT2D eigenvalue weighted by Gasteiger charge is -2.13. The third kappa shape index (κ3) is 3.81. The minimum absolute atomic E-state index is 0.192. The van der Waals surface area contributed by atoms with Crippen LogP contribution in [0.25, 0.3) is 0 Å². The highest BCUT2D eigenvalue weighted by atomic mass is 19.4. The van der Waals surface area contributed by atoms with Crippen LogP contribution in [0.1, 0.15) is 5.56 Å². The molecular weight excluding hydrogens is 271 g/mol. The molecule has 0 aromatic carbocycles. The van der Waals surface area contributed by atoms with Gasteiger partial charge < -0.3 is 10.6 Å². The Labute approximate surface area is 113 Å². The smallest absolute Gasteiger partial charge is 0.368 e. The van der Waals surface area contributed by atoms with Crippen molar-refractivity contribution in [2.45, 2.75) is 6.18 Å². The fourth-order valence-corrected chi connectivity index (χ4v) is 1.48. The van der Waals surface area contributed by atoms with E-state index in [1.165, 1.54) is 18.5 Å². The first-order chi connectivity index (χ1) is 9.57. The molecule has 0 aliphatic carbocycles. The van der Waals surface area contributed by atoms with Crippen LogP contribution in [0.2, 0.25) is 0 Å². The Hall–Kier alpha value is -2.38. The molecule has 8 heteroatoms. The Bertz CT molecular complexity index is 544.